The van der Waals surface area contributed by atoms with E-state index in [4.69, 9.17) is 0 Å². The van der Waals surface area contributed by atoms with E-state index in [9.17, 15) is 23.3 Å². The van der Waals surface area contributed by atoms with Crippen molar-refractivity contribution in [1.82, 2.24) is 4.72 Å². The SMILES string of the molecule is CCC(CSc1ccccc1)Nc1ccc(S(=O)(=O)NC=O)cc1[N+](=O)[O-]. The van der Waals surface area contributed by atoms with Gasteiger partial charge >= 0.3 is 0 Å². The Balaban J connectivity index is 2.20. The number of thioether (sulfide) groups is 1. The number of nitro benzene ring substituents is 1. The number of amides is 1. The Morgan fingerprint density at radius 1 is 1.22 bits per heavy atom. The van der Waals surface area contributed by atoms with Crippen LogP contribution in [0.5, 0.6) is 0 Å². The van der Waals surface area contributed by atoms with Gasteiger partial charge in [0.05, 0.1) is 9.82 Å². The Morgan fingerprint density at radius 2 is 1.93 bits per heavy atom. The second kappa shape index (κ2) is 9.38. The molecule has 1 atom stereocenters. The minimum Gasteiger partial charge on any atom is -0.376 e. The van der Waals surface area contributed by atoms with E-state index in [1.165, 1.54) is 12.1 Å². The molecule has 0 aliphatic heterocycles. The van der Waals surface area contributed by atoms with E-state index in [0.29, 0.717) is 5.75 Å². The number of carbonyl (C=O) groups is 1. The van der Waals surface area contributed by atoms with Crippen molar-refractivity contribution in [2.45, 2.75) is 29.2 Å². The average molecular weight is 409 g/mol. The van der Waals surface area contributed by atoms with Crippen molar-refractivity contribution in [3.05, 3.63) is 58.6 Å². The lowest BCUT2D eigenvalue weighted by Gasteiger charge is -2.18. The number of nitrogens with zero attached hydrogens (tertiary/aromatic N) is 1. The van der Waals surface area contributed by atoms with Gasteiger partial charge in [0.25, 0.3) is 15.7 Å². The van der Waals surface area contributed by atoms with Gasteiger partial charge in [-0.25, -0.2) is 8.42 Å². The molecule has 0 aliphatic carbocycles. The van der Waals surface area contributed by atoms with Crippen molar-refractivity contribution in [2.24, 2.45) is 0 Å². The second-order valence-electron chi connectivity index (χ2n) is 5.55. The average Bonchev–Trinajstić information content (AvgIpc) is 2.65. The minimum atomic E-state index is -4.12. The molecule has 1 amide bonds. The van der Waals surface area contributed by atoms with Crippen LogP contribution in [-0.2, 0) is 14.8 Å². The van der Waals surface area contributed by atoms with Crippen molar-refractivity contribution < 1.29 is 18.1 Å². The van der Waals surface area contributed by atoms with E-state index in [1.54, 1.807) is 16.5 Å². The summed E-state index contributed by atoms with van der Waals surface area (Å²) in [5, 5.41) is 14.5. The molecular formula is C17H19N3O5S2. The summed E-state index contributed by atoms with van der Waals surface area (Å²) in [7, 11) is -4.12. The van der Waals surface area contributed by atoms with Gasteiger partial charge in [0.2, 0.25) is 6.41 Å². The maximum Gasteiger partial charge on any atom is 0.293 e. The van der Waals surface area contributed by atoms with Crippen LogP contribution >= 0.6 is 11.8 Å². The van der Waals surface area contributed by atoms with E-state index in [0.717, 1.165) is 17.4 Å². The molecule has 0 radical (unpaired) electrons. The smallest absolute Gasteiger partial charge is 0.293 e. The monoisotopic (exact) mass is 409 g/mol. The first kappa shape index (κ1) is 20.7. The molecule has 2 rings (SSSR count). The quantitative estimate of drug-likeness (QED) is 0.268. The first-order chi connectivity index (χ1) is 12.9. The number of carbonyl (C=O) groups excluding carboxylic acids is 1. The Labute approximate surface area is 161 Å². The van der Waals surface area contributed by atoms with Gasteiger partial charge in [-0.15, -0.1) is 11.8 Å². The largest absolute Gasteiger partial charge is 0.376 e. The fourth-order valence-electron chi connectivity index (χ4n) is 2.28. The minimum absolute atomic E-state index is 0.0151. The molecule has 27 heavy (non-hydrogen) atoms. The predicted molar refractivity (Wildman–Crippen MR) is 104 cm³/mol. The van der Waals surface area contributed by atoms with E-state index < -0.39 is 14.9 Å². The summed E-state index contributed by atoms with van der Waals surface area (Å²) in [4.78, 5) is 21.9. The summed E-state index contributed by atoms with van der Waals surface area (Å²) in [5.41, 5.74) is -0.141. The highest BCUT2D eigenvalue weighted by Crippen LogP contribution is 2.29. The highest BCUT2D eigenvalue weighted by Gasteiger charge is 2.22. The third kappa shape index (κ3) is 5.69. The molecule has 0 bridgehead atoms. The van der Waals surface area contributed by atoms with Gasteiger partial charge in [-0.3, -0.25) is 19.6 Å². The third-order valence-electron chi connectivity index (χ3n) is 3.73. The van der Waals surface area contributed by atoms with Gasteiger partial charge in [0, 0.05) is 22.8 Å². The van der Waals surface area contributed by atoms with Gasteiger partial charge in [0.1, 0.15) is 5.69 Å². The van der Waals surface area contributed by atoms with Crippen LogP contribution in [-0.4, -0.2) is 31.5 Å². The lowest BCUT2D eigenvalue weighted by molar-refractivity contribution is -0.384. The molecule has 144 valence electrons. The molecule has 0 saturated heterocycles. The molecule has 0 fully saturated rings. The van der Waals surface area contributed by atoms with Gasteiger partial charge in [-0.1, -0.05) is 25.1 Å². The molecule has 2 N–H and O–H groups in total. The maximum atomic E-state index is 11.9. The van der Waals surface area contributed by atoms with E-state index in [2.05, 4.69) is 5.32 Å². The molecule has 0 aromatic heterocycles. The first-order valence-corrected chi connectivity index (χ1v) is 10.5. The number of benzene rings is 2. The van der Waals surface area contributed by atoms with Crippen LogP contribution in [0.1, 0.15) is 13.3 Å². The topological polar surface area (TPSA) is 118 Å². The molecule has 0 heterocycles. The standard InChI is InChI=1S/C17H19N3O5S2/c1-2-13(11-26-14-6-4-3-5-7-14)19-16-9-8-15(10-17(16)20(22)23)27(24,25)18-12-21/h3-10,12-13,19H,2,11H2,1H3,(H,18,21). The molecule has 0 saturated carbocycles. The Hall–Kier alpha value is -2.59. The Bertz CT molecular complexity index is 904. The van der Waals surface area contributed by atoms with Crippen LogP contribution in [0, 0.1) is 10.1 Å². The normalized spacial score (nSPS) is 12.2. The van der Waals surface area contributed by atoms with Crippen LogP contribution in [0.2, 0.25) is 0 Å². The summed E-state index contributed by atoms with van der Waals surface area (Å²) < 4.78 is 25.4. The number of anilines is 1. The van der Waals surface area contributed by atoms with Crippen molar-refractivity contribution in [3.63, 3.8) is 0 Å². The van der Waals surface area contributed by atoms with Crippen LogP contribution in [0.15, 0.2) is 58.3 Å². The predicted octanol–water partition coefficient (Wildman–Crippen LogP) is 3.01. The number of hydrogen-bond acceptors (Lipinski definition) is 7. The molecule has 0 spiro atoms. The summed E-state index contributed by atoms with van der Waals surface area (Å²) >= 11 is 1.62. The number of nitrogens with one attached hydrogen (secondary N) is 2. The first-order valence-electron chi connectivity index (χ1n) is 8.06. The highest BCUT2D eigenvalue weighted by molar-refractivity contribution is 7.99. The van der Waals surface area contributed by atoms with Crippen molar-refractivity contribution in [2.75, 3.05) is 11.1 Å². The summed E-state index contributed by atoms with van der Waals surface area (Å²) in [6.07, 6.45) is 0.741. The van der Waals surface area contributed by atoms with Crippen LogP contribution in [0.4, 0.5) is 11.4 Å². The van der Waals surface area contributed by atoms with Gasteiger partial charge < -0.3 is 5.32 Å². The molecular weight excluding hydrogens is 390 g/mol. The van der Waals surface area contributed by atoms with Crippen molar-refractivity contribution >= 4 is 39.6 Å². The Morgan fingerprint density at radius 3 is 2.52 bits per heavy atom. The van der Waals surface area contributed by atoms with Gasteiger partial charge in [-0.05, 0) is 30.7 Å². The second-order valence-corrected chi connectivity index (χ2v) is 8.36. The lowest BCUT2D eigenvalue weighted by atomic mass is 10.2. The zero-order valence-corrected chi connectivity index (χ0v) is 16.1. The lowest BCUT2D eigenvalue weighted by Crippen LogP contribution is -2.23. The highest BCUT2D eigenvalue weighted by atomic mass is 32.2. The fraction of sp³-hybridized carbons (Fsp3) is 0.235. The van der Waals surface area contributed by atoms with Gasteiger partial charge in [-0.2, -0.15) is 0 Å². The molecule has 1 unspecified atom stereocenters. The van der Waals surface area contributed by atoms with E-state index >= 15 is 0 Å². The zero-order chi connectivity index (χ0) is 19.9. The maximum absolute atomic E-state index is 11.9. The Kier molecular flexibility index (Phi) is 7.19. The zero-order valence-electron chi connectivity index (χ0n) is 14.5. The van der Waals surface area contributed by atoms with E-state index in [-0.39, 0.29) is 28.7 Å². The molecule has 2 aromatic carbocycles. The summed E-state index contributed by atoms with van der Waals surface area (Å²) in [6.45, 7) is 1.96. The molecule has 0 aliphatic rings. The van der Waals surface area contributed by atoms with E-state index in [1.807, 2.05) is 37.3 Å². The summed E-state index contributed by atoms with van der Waals surface area (Å²) in [6, 6.07) is 13.2. The number of sulfonamides is 1. The van der Waals surface area contributed by atoms with Crippen molar-refractivity contribution in [1.29, 1.82) is 0 Å². The van der Waals surface area contributed by atoms with Crippen LogP contribution < -0.4 is 10.0 Å². The van der Waals surface area contributed by atoms with Gasteiger partial charge in [0.15, 0.2) is 0 Å². The molecule has 8 nitrogen and oxygen atoms in total. The number of hydrogen-bond donors (Lipinski definition) is 2. The fourth-order valence-corrected chi connectivity index (χ4v) is 4.12. The number of nitro groups is 1. The van der Waals surface area contributed by atoms with Crippen LogP contribution in [0.25, 0.3) is 0 Å². The third-order valence-corrected chi connectivity index (χ3v) is 6.18. The molecule has 2 aromatic rings. The van der Waals surface area contributed by atoms with Crippen LogP contribution in [0.3, 0.4) is 0 Å². The van der Waals surface area contributed by atoms with Crippen molar-refractivity contribution in [3.8, 4) is 0 Å². The molecule has 10 heteroatoms. The number of rotatable bonds is 10. The summed E-state index contributed by atoms with van der Waals surface area (Å²) in [5.74, 6) is 0.685.